The lowest BCUT2D eigenvalue weighted by atomic mass is 10.2. The zero-order chi connectivity index (χ0) is 11.7. The fraction of sp³-hybridized carbons (Fsp3) is 0.364. The van der Waals surface area contributed by atoms with Crippen LogP contribution in [-0.4, -0.2) is 26.8 Å². The molecule has 5 nitrogen and oxygen atoms in total. The zero-order valence-corrected chi connectivity index (χ0v) is 9.93. The molecule has 0 radical (unpaired) electrons. The fourth-order valence-corrected chi connectivity index (χ4v) is 2.29. The second-order valence-corrected chi connectivity index (χ2v) is 4.51. The maximum Gasteiger partial charge on any atom is 0.173 e. The number of rotatable bonds is 2. The first-order chi connectivity index (χ1) is 8.34. The highest BCUT2D eigenvalue weighted by atomic mass is 35.5. The molecule has 1 N–H and O–H groups in total. The average molecular weight is 250 g/mol. The number of nitrogens with zero attached hydrogens (tertiary/aromatic N) is 4. The Balaban J connectivity index is 2.00. The van der Waals surface area contributed by atoms with Gasteiger partial charge in [0.05, 0.1) is 11.7 Å². The van der Waals surface area contributed by atoms with Gasteiger partial charge < -0.3 is 5.32 Å². The van der Waals surface area contributed by atoms with Gasteiger partial charge in [0.15, 0.2) is 5.82 Å². The highest BCUT2D eigenvalue weighted by Crippen LogP contribution is 2.23. The minimum Gasteiger partial charge on any atom is -0.307 e. The van der Waals surface area contributed by atoms with Gasteiger partial charge in [-0.2, -0.15) is 4.68 Å². The first-order valence-corrected chi connectivity index (χ1v) is 6.00. The monoisotopic (exact) mass is 249 g/mol. The molecule has 0 aliphatic carbocycles. The van der Waals surface area contributed by atoms with Gasteiger partial charge in [-0.25, -0.2) is 0 Å². The van der Waals surface area contributed by atoms with Gasteiger partial charge in [-0.3, -0.25) is 0 Å². The summed E-state index contributed by atoms with van der Waals surface area (Å²) in [5.41, 5.74) is 0.895. The van der Waals surface area contributed by atoms with E-state index in [9.17, 15) is 0 Å². The van der Waals surface area contributed by atoms with E-state index in [1.165, 1.54) is 0 Å². The Hall–Kier alpha value is -1.46. The van der Waals surface area contributed by atoms with Gasteiger partial charge in [0, 0.05) is 5.02 Å². The van der Waals surface area contributed by atoms with Gasteiger partial charge in [0.2, 0.25) is 0 Å². The van der Waals surface area contributed by atoms with Gasteiger partial charge in [0.1, 0.15) is 0 Å². The summed E-state index contributed by atoms with van der Waals surface area (Å²) >= 11 is 5.98. The maximum absolute atomic E-state index is 5.98. The molecule has 1 fully saturated rings. The zero-order valence-electron chi connectivity index (χ0n) is 9.17. The number of halogens is 1. The molecule has 0 bridgehead atoms. The smallest absolute Gasteiger partial charge is 0.173 e. The van der Waals surface area contributed by atoms with Crippen molar-refractivity contribution in [2.75, 3.05) is 6.54 Å². The third-order valence-electron chi connectivity index (χ3n) is 2.92. The Bertz CT molecular complexity index is 518. The largest absolute Gasteiger partial charge is 0.307 e. The van der Waals surface area contributed by atoms with E-state index in [2.05, 4.69) is 20.8 Å². The summed E-state index contributed by atoms with van der Waals surface area (Å²) < 4.78 is 1.74. The third-order valence-corrected chi connectivity index (χ3v) is 3.15. The molecule has 2 aromatic rings. The topological polar surface area (TPSA) is 55.6 Å². The third kappa shape index (κ3) is 2.03. The van der Waals surface area contributed by atoms with Crippen molar-refractivity contribution in [3.63, 3.8) is 0 Å². The van der Waals surface area contributed by atoms with E-state index in [1.54, 1.807) is 4.68 Å². The van der Waals surface area contributed by atoms with Crippen LogP contribution in [0.3, 0.4) is 0 Å². The van der Waals surface area contributed by atoms with Crippen molar-refractivity contribution in [3.8, 4) is 5.69 Å². The summed E-state index contributed by atoms with van der Waals surface area (Å²) in [6, 6.07) is 7.77. The van der Waals surface area contributed by atoms with Crippen LogP contribution in [0.5, 0.6) is 0 Å². The molecular formula is C11H12ClN5. The number of nitrogens with one attached hydrogen (secondary N) is 1. The first-order valence-electron chi connectivity index (χ1n) is 5.62. The number of benzene rings is 1. The molecule has 6 heteroatoms. The van der Waals surface area contributed by atoms with Crippen LogP contribution in [0.15, 0.2) is 24.3 Å². The van der Waals surface area contributed by atoms with Crippen molar-refractivity contribution in [2.45, 2.75) is 18.9 Å². The molecule has 1 aromatic heterocycles. The quantitative estimate of drug-likeness (QED) is 0.881. The number of aromatic nitrogens is 4. The van der Waals surface area contributed by atoms with Gasteiger partial charge in [-0.15, -0.1) is 5.10 Å². The van der Waals surface area contributed by atoms with Crippen LogP contribution in [0.25, 0.3) is 5.69 Å². The predicted molar refractivity (Wildman–Crippen MR) is 64.1 cm³/mol. The molecule has 17 heavy (non-hydrogen) atoms. The van der Waals surface area contributed by atoms with Crippen LogP contribution in [0.4, 0.5) is 0 Å². The van der Waals surface area contributed by atoms with Crippen molar-refractivity contribution in [2.24, 2.45) is 0 Å². The average Bonchev–Trinajstić information content (AvgIpc) is 3.00. The fourth-order valence-electron chi connectivity index (χ4n) is 2.11. The molecule has 1 atom stereocenters. The van der Waals surface area contributed by atoms with Gasteiger partial charge >= 0.3 is 0 Å². The molecule has 1 saturated heterocycles. The van der Waals surface area contributed by atoms with E-state index in [-0.39, 0.29) is 6.04 Å². The molecule has 2 heterocycles. The van der Waals surface area contributed by atoms with E-state index in [0.717, 1.165) is 30.9 Å². The Labute approximate surface area is 104 Å². The Kier molecular flexibility index (Phi) is 2.78. The minimum atomic E-state index is 0.240. The lowest BCUT2D eigenvalue weighted by molar-refractivity contribution is 0.583. The SMILES string of the molecule is Clc1cccc(-n2nnnc2C2CCCN2)c1. The minimum absolute atomic E-state index is 0.240. The van der Waals surface area contributed by atoms with E-state index in [0.29, 0.717) is 5.02 Å². The van der Waals surface area contributed by atoms with Crippen LogP contribution in [0.1, 0.15) is 24.7 Å². The van der Waals surface area contributed by atoms with Crippen molar-refractivity contribution >= 4 is 11.6 Å². The van der Waals surface area contributed by atoms with Crippen molar-refractivity contribution in [1.82, 2.24) is 25.5 Å². The molecule has 1 aliphatic heterocycles. The van der Waals surface area contributed by atoms with Crippen LogP contribution < -0.4 is 5.32 Å². The number of hydrogen-bond acceptors (Lipinski definition) is 4. The van der Waals surface area contributed by atoms with Crippen molar-refractivity contribution < 1.29 is 0 Å². The van der Waals surface area contributed by atoms with E-state index in [1.807, 2.05) is 24.3 Å². The van der Waals surface area contributed by atoms with Crippen LogP contribution in [0.2, 0.25) is 5.02 Å². The Morgan fingerprint density at radius 2 is 2.35 bits per heavy atom. The van der Waals surface area contributed by atoms with Crippen LogP contribution in [0, 0.1) is 0 Å². The second kappa shape index (κ2) is 4.43. The van der Waals surface area contributed by atoms with Crippen molar-refractivity contribution in [3.05, 3.63) is 35.1 Å². The predicted octanol–water partition coefficient (Wildman–Crippen LogP) is 1.74. The molecule has 3 rings (SSSR count). The van der Waals surface area contributed by atoms with E-state index in [4.69, 9.17) is 11.6 Å². The summed E-state index contributed by atoms with van der Waals surface area (Å²) in [7, 11) is 0. The Morgan fingerprint density at radius 3 is 3.12 bits per heavy atom. The summed E-state index contributed by atoms with van der Waals surface area (Å²) in [6.45, 7) is 1.02. The molecule has 0 spiro atoms. The highest BCUT2D eigenvalue weighted by Gasteiger charge is 2.22. The number of tetrazole rings is 1. The Morgan fingerprint density at radius 1 is 1.41 bits per heavy atom. The van der Waals surface area contributed by atoms with Crippen LogP contribution >= 0.6 is 11.6 Å². The number of hydrogen-bond donors (Lipinski definition) is 1. The van der Waals surface area contributed by atoms with Gasteiger partial charge in [-0.05, 0) is 48.0 Å². The molecular weight excluding hydrogens is 238 g/mol. The lowest BCUT2D eigenvalue weighted by Gasteiger charge is -2.10. The summed E-state index contributed by atoms with van der Waals surface area (Å²) in [6.07, 6.45) is 2.23. The second-order valence-electron chi connectivity index (χ2n) is 4.08. The summed E-state index contributed by atoms with van der Waals surface area (Å²) in [4.78, 5) is 0. The van der Waals surface area contributed by atoms with Crippen molar-refractivity contribution in [1.29, 1.82) is 0 Å². The standard InChI is InChI=1S/C11H12ClN5/c12-8-3-1-4-9(7-8)17-11(14-15-16-17)10-5-2-6-13-10/h1,3-4,7,10,13H,2,5-6H2. The molecule has 88 valence electrons. The molecule has 0 saturated carbocycles. The molecule has 1 unspecified atom stereocenters. The van der Waals surface area contributed by atoms with E-state index >= 15 is 0 Å². The normalized spacial score (nSPS) is 19.7. The first kappa shape index (κ1) is 10.7. The van der Waals surface area contributed by atoms with Gasteiger partial charge in [0.25, 0.3) is 0 Å². The van der Waals surface area contributed by atoms with Crippen LogP contribution in [-0.2, 0) is 0 Å². The lowest BCUT2D eigenvalue weighted by Crippen LogP contribution is -2.18. The molecule has 0 amide bonds. The summed E-state index contributed by atoms with van der Waals surface area (Å²) in [5, 5.41) is 16.0. The highest BCUT2D eigenvalue weighted by molar-refractivity contribution is 6.30. The van der Waals surface area contributed by atoms with E-state index < -0.39 is 0 Å². The van der Waals surface area contributed by atoms with Gasteiger partial charge in [-0.1, -0.05) is 17.7 Å². The molecule has 1 aliphatic rings. The maximum atomic E-state index is 5.98. The summed E-state index contributed by atoms with van der Waals surface area (Å²) in [5.74, 6) is 0.852. The molecule has 1 aromatic carbocycles.